The van der Waals surface area contributed by atoms with Gasteiger partial charge in [-0.15, -0.1) is 0 Å². The van der Waals surface area contributed by atoms with Crippen molar-refractivity contribution in [1.82, 2.24) is 9.97 Å². The number of nitrogens with one attached hydrogen (secondary N) is 2. The zero-order valence-corrected chi connectivity index (χ0v) is 17.9. The molecule has 2 rings (SSSR count). The standard InChI is InChI=1S/C22H32N2O4/c1-7-14-13(6)19(21(25)27-10-4)23-17(14)12-18-15(8-2)16(9-3)20(24-18)22(26)28-11-5/h23-24H,7-12H2,1-6H3. The lowest BCUT2D eigenvalue weighted by Crippen LogP contribution is -2.08. The number of esters is 2. The minimum atomic E-state index is -0.329. The molecular formula is C22H32N2O4. The van der Waals surface area contributed by atoms with Crippen molar-refractivity contribution in [3.8, 4) is 0 Å². The second-order valence-corrected chi connectivity index (χ2v) is 6.70. The Labute approximate surface area is 167 Å². The zero-order valence-electron chi connectivity index (χ0n) is 17.9. The average Bonchev–Trinajstić information content (AvgIpc) is 3.19. The quantitative estimate of drug-likeness (QED) is 0.628. The number of rotatable bonds is 9. The second kappa shape index (κ2) is 9.62. The van der Waals surface area contributed by atoms with Crippen molar-refractivity contribution in [2.45, 2.75) is 67.2 Å². The van der Waals surface area contributed by atoms with Gasteiger partial charge in [-0.3, -0.25) is 0 Å². The summed E-state index contributed by atoms with van der Waals surface area (Å²) in [7, 11) is 0. The molecule has 0 aliphatic carbocycles. The van der Waals surface area contributed by atoms with Crippen LogP contribution in [0.2, 0.25) is 0 Å². The molecule has 6 heteroatoms. The van der Waals surface area contributed by atoms with Gasteiger partial charge in [-0.1, -0.05) is 20.8 Å². The number of aromatic nitrogens is 2. The molecule has 0 amide bonds. The van der Waals surface area contributed by atoms with Crippen LogP contribution in [0.4, 0.5) is 0 Å². The highest BCUT2D eigenvalue weighted by atomic mass is 16.5. The van der Waals surface area contributed by atoms with Crippen molar-refractivity contribution in [3.05, 3.63) is 45.0 Å². The molecule has 0 unspecified atom stereocenters. The predicted octanol–water partition coefficient (Wildman–Crippen LogP) is 4.28. The Balaban J connectivity index is 2.49. The molecule has 0 aromatic carbocycles. The molecule has 2 aromatic heterocycles. The van der Waals surface area contributed by atoms with Gasteiger partial charge in [-0.2, -0.15) is 0 Å². The van der Waals surface area contributed by atoms with E-state index in [4.69, 9.17) is 9.47 Å². The maximum Gasteiger partial charge on any atom is 0.355 e. The van der Waals surface area contributed by atoms with Gasteiger partial charge in [-0.05, 0) is 62.3 Å². The average molecular weight is 389 g/mol. The van der Waals surface area contributed by atoms with Crippen molar-refractivity contribution < 1.29 is 19.1 Å². The fourth-order valence-corrected chi connectivity index (χ4v) is 3.89. The molecule has 0 bridgehead atoms. The molecule has 2 aromatic rings. The lowest BCUT2D eigenvalue weighted by Gasteiger charge is -2.06. The lowest BCUT2D eigenvalue weighted by molar-refractivity contribution is 0.0509. The van der Waals surface area contributed by atoms with Crippen LogP contribution in [-0.4, -0.2) is 35.1 Å². The van der Waals surface area contributed by atoms with Crippen LogP contribution in [0.3, 0.4) is 0 Å². The fourth-order valence-electron chi connectivity index (χ4n) is 3.89. The Bertz CT molecular complexity index is 845. The summed E-state index contributed by atoms with van der Waals surface area (Å²) in [4.78, 5) is 31.2. The number of hydrogen-bond acceptors (Lipinski definition) is 4. The molecule has 0 aliphatic rings. The summed E-state index contributed by atoms with van der Waals surface area (Å²) in [5, 5.41) is 0. The van der Waals surface area contributed by atoms with Crippen molar-refractivity contribution in [2.75, 3.05) is 13.2 Å². The second-order valence-electron chi connectivity index (χ2n) is 6.70. The largest absolute Gasteiger partial charge is 0.461 e. The smallest absolute Gasteiger partial charge is 0.355 e. The molecule has 0 saturated heterocycles. The van der Waals surface area contributed by atoms with Crippen LogP contribution in [-0.2, 0) is 35.2 Å². The van der Waals surface area contributed by atoms with E-state index in [2.05, 4.69) is 23.8 Å². The zero-order chi connectivity index (χ0) is 20.8. The number of carbonyl (C=O) groups is 2. The molecule has 2 heterocycles. The molecule has 2 N–H and O–H groups in total. The first-order chi connectivity index (χ1) is 13.4. The van der Waals surface area contributed by atoms with E-state index in [0.717, 1.165) is 52.9 Å². The van der Waals surface area contributed by atoms with Crippen LogP contribution in [0.25, 0.3) is 0 Å². The SMILES string of the molecule is CCOC(=O)c1[nH]c(Cc2[nH]c(C(=O)OCC)c(CC)c2CC)c(CC)c1C. The van der Waals surface area contributed by atoms with Gasteiger partial charge in [0.1, 0.15) is 11.4 Å². The van der Waals surface area contributed by atoms with Crippen molar-refractivity contribution in [1.29, 1.82) is 0 Å². The van der Waals surface area contributed by atoms with E-state index in [1.165, 1.54) is 0 Å². The molecular weight excluding hydrogens is 356 g/mol. The first-order valence-corrected chi connectivity index (χ1v) is 10.2. The first kappa shape index (κ1) is 21.8. The van der Waals surface area contributed by atoms with Gasteiger partial charge in [0, 0.05) is 17.8 Å². The van der Waals surface area contributed by atoms with Gasteiger partial charge < -0.3 is 19.4 Å². The molecule has 0 atom stereocenters. The maximum atomic E-state index is 12.4. The number of aromatic amines is 2. The number of ether oxygens (including phenoxy) is 2. The molecule has 0 aliphatic heterocycles. The lowest BCUT2D eigenvalue weighted by atomic mass is 9.99. The summed E-state index contributed by atoms with van der Waals surface area (Å²) in [5.41, 5.74) is 7.26. The van der Waals surface area contributed by atoms with Gasteiger partial charge in [0.15, 0.2) is 0 Å². The maximum absolute atomic E-state index is 12.4. The van der Waals surface area contributed by atoms with E-state index in [0.29, 0.717) is 31.0 Å². The first-order valence-electron chi connectivity index (χ1n) is 10.2. The Morgan fingerprint density at radius 3 is 1.68 bits per heavy atom. The molecule has 0 radical (unpaired) electrons. The van der Waals surface area contributed by atoms with Crippen LogP contribution in [0.15, 0.2) is 0 Å². The highest BCUT2D eigenvalue weighted by Crippen LogP contribution is 2.27. The summed E-state index contributed by atoms with van der Waals surface area (Å²) in [6.45, 7) is 12.4. The molecule has 6 nitrogen and oxygen atoms in total. The summed E-state index contributed by atoms with van der Waals surface area (Å²) >= 11 is 0. The Hall–Kier alpha value is -2.50. The summed E-state index contributed by atoms with van der Waals surface area (Å²) < 4.78 is 10.4. The predicted molar refractivity (Wildman–Crippen MR) is 109 cm³/mol. The molecule has 0 saturated carbocycles. The van der Waals surface area contributed by atoms with E-state index in [1.807, 2.05) is 13.8 Å². The Morgan fingerprint density at radius 2 is 1.18 bits per heavy atom. The third kappa shape index (κ3) is 4.16. The summed E-state index contributed by atoms with van der Waals surface area (Å²) in [5.74, 6) is -0.643. The third-order valence-corrected chi connectivity index (χ3v) is 5.15. The van der Waals surface area contributed by atoms with Crippen LogP contribution < -0.4 is 0 Å². The highest BCUT2D eigenvalue weighted by molar-refractivity contribution is 5.90. The molecule has 0 fully saturated rings. The van der Waals surface area contributed by atoms with Gasteiger partial charge in [-0.25, -0.2) is 9.59 Å². The summed E-state index contributed by atoms with van der Waals surface area (Å²) in [6.07, 6.45) is 2.98. The Morgan fingerprint density at radius 1 is 0.714 bits per heavy atom. The van der Waals surface area contributed by atoms with Gasteiger partial charge >= 0.3 is 11.9 Å². The minimum Gasteiger partial charge on any atom is -0.461 e. The van der Waals surface area contributed by atoms with Crippen LogP contribution in [0.5, 0.6) is 0 Å². The fraction of sp³-hybridized carbons (Fsp3) is 0.545. The van der Waals surface area contributed by atoms with Crippen LogP contribution in [0.1, 0.15) is 89.2 Å². The van der Waals surface area contributed by atoms with Crippen LogP contribution in [0, 0.1) is 6.92 Å². The van der Waals surface area contributed by atoms with E-state index >= 15 is 0 Å². The van der Waals surface area contributed by atoms with Gasteiger partial charge in [0.05, 0.1) is 13.2 Å². The molecule has 154 valence electrons. The van der Waals surface area contributed by atoms with Crippen molar-refractivity contribution in [2.24, 2.45) is 0 Å². The van der Waals surface area contributed by atoms with E-state index in [-0.39, 0.29) is 11.9 Å². The van der Waals surface area contributed by atoms with E-state index in [1.54, 1.807) is 13.8 Å². The van der Waals surface area contributed by atoms with E-state index in [9.17, 15) is 9.59 Å². The van der Waals surface area contributed by atoms with Crippen LogP contribution >= 0.6 is 0 Å². The number of hydrogen-bond donors (Lipinski definition) is 2. The van der Waals surface area contributed by atoms with E-state index < -0.39 is 0 Å². The number of H-pyrrole nitrogens is 2. The van der Waals surface area contributed by atoms with Gasteiger partial charge in [0.25, 0.3) is 0 Å². The van der Waals surface area contributed by atoms with Crippen molar-refractivity contribution in [3.63, 3.8) is 0 Å². The Kier molecular flexibility index (Phi) is 7.49. The normalized spacial score (nSPS) is 10.9. The topological polar surface area (TPSA) is 84.2 Å². The number of carbonyl (C=O) groups excluding carboxylic acids is 2. The minimum absolute atomic E-state index is 0.314. The van der Waals surface area contributed by atoms with Crippen molar-refractivity contribution >= 4 is 11.9 Å². The molecule has 28 heavy (non-hydrogen) atoms. The monoisotopic (exact) mass is 388 g/mol. The third-order valence-electron chi connectivity index (χ3n) is 5.15. The highest BCUT2D eigenvalue weighted by Gasteiger charge is 2.24. The van der Waals surface area contributed by atoms with Gasteiger partial charge in [0.2, 0.25) is 0 Å². The summed E-state index contributed by atoms with van der Waals surface area (Å²) in [6, 6.07) is 0. The molecule has 0 spiro atoms.